The maximum absolute atomic E-state index is 13.8. The molecular formula is C15H13FO. The molecule has 0 saturated heterocycles. The number of carbonyl (C=O) groups is 1. The van der Waals surface area contributed by atoms with Crippen LogP contribution in [0, 0.1) is 5.82 Å². The molecule has 1 atom stereocenters. The zero-order valence-electron chi connectivity index (χ0n) is 9.56. The first kappa shape index (κ1) is 11.5. The largest absolute Gasteiger partial charge is 0.298 e. The third-order valence-electron chi connectivity index (χ3n) is 2.95. The van der Waals surface area contributed by atoms with Crippen LogP contribution in [0.3, 0.4) is 0 Å². The summed E-state index contributed by atoms with van der Waals surface area (Å²) in [5.74, 6) is -0.455. The molecule has 0 amide bonds. The second-order valence-corrected chi connectivity index (χ2v) is 3.99. The minimum absolute atomic E-state index is 0.127. The molecule has 2 aromatic rings. The van der Waals surface area contributed by atoms with Crippen LogP contribution in [0.5, 0.6) is 0 Å². The molecule has 0 aliphatic rings. The second kappa shape index (κ2) is 4.91. The summed E-state index contributed by atoms with van der Waals surface area (Å²) in [4.78, 5) is 10.9. The zero-order valence-corrected chi connectivity index (χ0v) is 9.56. The van der Waals surface area contributed by atoms with Crippen molar-refractivity contribution in [3.05, 3.63) is 71.0 Å². The number of halogens is 1. The van der Waals surface area contributed by atoms with Crippen molar-refractivity contribution in [3.63, 3.8) is 0 Å². The van der Waals surface area contributed by atoms with E-state index < -0.39 is 0 Å². The lowest BCUT2D eigenvalue weighted by Crippen LogP contribution is -2.03. The standard InChI is InChI=1S/C15H13FO/c1-11(12-6-3-2-4-7-12)15-13(10-17)8-5-9-14(15)16/h2-11H,1H3. The molecule has 1 nitrogen and oxygen atoms in total. The Morgan fingerprint density at radius 3 is 2.41 bits per heavy atom. The third-order valence-corrected chi connectivity index (χ3v) is 2.95. The molecule has 0 saturated carbocycles. The highest BCUT2D eigenvalue weighted by atomic mass is 19.1. The SMILES string of the molecule is CC(c1ccccc1)c1c(F)cccc1C=O. The maximum Gasteiger partial charge on any atom is 0.150 e. The Labute approximate surface area is 99.9 Å². The summed E-state index contributed by atoms with van der Waals surface area (Å²) >= 11 is 0. The monoisotopic (exact) mass is 228 g/mol. The quantitative estimate of drug-likeness (QED) is 0.730. The highest BCUT2D eigenvalue weighted by Crippen LogP contribution is 2.28. The first-order chi connectivity index (χ1) is 8.24. The molecule has 0 aliphatic heterocycles. The van der Waals surface area contributed by atoms with Crippen molar-refractivity contribution in [1.29, 1.82) is 0 Å². The Hall–Kier alpha value is -1.96. The van der Waals surface area contributed by atoms with Gasteiger partial charge in [-0.25, -0.2) is 4.39 Å². The van der Waals surface area contributed by atoms with Gasteiger partial charge in [0, 0.05) is 17.0 Å². The van der Waals surface area contributed by atoms with Crippen molar-refractivity contribution < 1.29 is 9.18 Å². The van der Waals surface area contributed by atoms with Crippen LogP contribution in [0.25, 0.3) is 0 Å². The number of rotatable bonds is 3. The molecule has 0 fully saturated rings. The van der Waals surface area contributed by atoms with Gasteiger partial charge in [-0.3, -0.25) is 4.79 Å². The van der Waals surface area contributed by atoms with Crippen LogP contribution in [-0.2, 0) is 0 Å². The summed E-state index contributed by atoms with van der Waals surface area (Å²) in [7, 11) is 0. The molecule has 1 unspecified atom stereocenters. The fourth-order valence-electron chi connectivity index (χ4n) is 2.02. The van der Waals surface area contributed by atoms with Crippen molar-refractivity contribution in [2.45, 2.75) is 12.8 Å². The number of carbonyl (C=O) groups excluding carboxylic acids is 1. The van der Waals surface area contributed by atoms with E-state index in [1.807, 2.05) is 37.3 Å². The summed E-state index contributed by atoms with van der Waals surface area (Å²) in [5, 5.41) is 0. The van der Waals surface area contributed by atoms with Crippen LogP contribution >= 0.6 is 0 Å². The normalized spacial score (nSPS) is 12.1. The molecule has 86 valence electrons. The van der Waals surface area contributed by atoms with E-state index >= 15 is 0 Å². The molecule has 2 aromatic carbocycles. The highest BCUT2D eigenvalue weighted by molar-refractivity contribution is 5.78. The average Bonchev–Trinajstić information content (AvgIpc) is 2.38. The van der Waals surface area contributed by atoms with Crippen molar-refractivity contribution in [1.82, 2.24) is 0 Å². The predicted molar refractivity (Wildman–Crippen MR) is 65.7 cm³/mol. The van der Waals surface area contributed by atoms with Gasteiger partial charge in [-0.2, -0.15) is 0 Å². The van der Waals surface area contributed by atoms with Crippen molar-refractivity contribution in [2.24, 2.45) is 0 Å². The first-order valence-electron chi connectivity index (χ1n) is 5.52. The van der Waals surface area contributed by atoms with Crippen molar-refractivity contribution in [3.8, 4) is 0 Å². The molecule has 17 heavy (non-hydrogen) atoms. The Kier molecular flexibility index (Phi) is 3.33. The van der Waals surface area contributed by atoms with Gasteiger partial charge in [0.05, 0.1) is 0 Å². The Morgan fingerprint density at radius 2 is 1.76 bits per heavy atom. The third kappa shape index (κ3) is 2.26. The molecule has 0 N–H and O–H groups in total. The maximum atomic E-state index is 13.8. The first-order valence-corrected chi connectivity index (χ1v) is 5.52. The van der Waals surface area contributed by atoms with Gasteiger partial charge in [0.1, 0.15) is 12.1 Å². The van der Waals surface area contributed by atoms with Gasteiger partial charge < -0.3 is 0 Å². The van der Waals surface area contributed by atoms with Crippen molar-refractivity contribution in [2.75, 3.05) is 0 Å². The molecule has 0 heterocycles. The fraction of sp³-hybridized carbons (Fsp3) is 0.133. The van der Waals surface area contributed by atoms with Crippen LogP contribution < -0.4 is 0 Å². The minimum Gasteiger partial charge on any atom is -0.298 e. The summed E-state index contributed by atoms with van der Waals surface area (Å²) in [6.45, 7) is 1.90. The molecule has 0 bridgehead atoms. The van der Waals surface area contributed by atoms with Crippen molar-refractivity contribution >= 4 is 6.29 Å². The topological polar surface area (TPSA) is 17.1 Å². The van der Waals surface area contributed by atoms with Crippen LogP contribution in [0.15, 0.2) is 48.5 Å². The highest BCUT2D eigenvalue weighted by Gasteiger charge is 2.16. The number of aldehydes is 1. The Morgan fingerprint density at radius 1 is 1.06 bits per heavy atom. The van der Waals surface area contributed by atoms with Crippen LogP contribution in [0.1, 0.15) is 34.3 Å². The van der Waals surface area contributed by atoms with Crippen LogP contribution in [0.4, 0.5) is 4.39 Å². The van der Waals surface area contributed by atoms with Gasteiger partial charge in [-0.15, -0.1) is 0 Å². The molecule has 0 aliphatic carbocycles. The van der Waals surface area contributed by atoms with E-state index in [2.05, 4.69) is 0 Å². The van der Waals surface area contributed by atoms with Gasteiger partial charge in [-0.1, -0.05) is 49.4 Å². The Bertz CT molecular complexity index is 520. The van der Waals surface area contributed by atoms with E-state index in [-0.39, 0.29) is 11.7 Å². The summed E-state index contributed by atoms with van der Waals surface area (Å²) in [6.07, 6.45) is 0.706. The van der Waals surface area contributed by atoms with E-state index in [1.54, 1.807) is 12.1 Å². The minimum atomic E-state index is -0.328. The van der Waals surface area contributed by atoms with Crippen LogP contribution in [-0.4, -0.2) is 6.29 Å². The summed E-state index contributed by atoms with van der Waals surface area (Å²) in [6, 6.07) is 14.2. The van der Waals surface area contributed by atoms with E-state index in [4.69, 9.17) is 0 Å². The molecule has 2 rings (SSSR count). The van der Waals surface area contributed by atoms with Gasteiger partial charge in [0.25, 0.3) is 0 Å². The summed E-state index contributed by atoms with van der Waals surface area (Å²) in [5.41, 5.74) is 1.88. The lowest BCUT2D eigenvalue weighted by Gasteiger charge is -2.15. The van der Waals surface area contributed by atoms with E-state index in [9.17, 15) is 9.18 Å². The van der Waals surface area contributed by atoms with Crippen LogP contribution in [0.2, 0.25) is 0 Å². The number of hydrogen-bond donors (Lipinski definition) is 0. The van der Waals surface area contributed by atoms with Gasteiger partial charge in [-0.05, 0) is 11.6 Å². The molecule has 0 radical (unpaired) electrons. The fourth-order valence-corrected chi connectivity index (χ4v) is 2.02. The van der Waals surface area contributed by atoms with Gasteiger partial charge >= 0.3 is 0 Å². The number of benzene rings is 2. The van der Waals surface area contributed by atoms with E-state index in [0.29, 0.717) is 17.4 Å². The second-order valence-electron chi connectivity index (χ2n) is 3.99. The molecular weight excluding hydrogens is 215 g/mol. The Balaban J connectivity index is 2.50. The smallest absolute Gasteiger partial charge is 0.150 e. The van der Waals surface area contributed by atoms with Gasteiger partial charge in [0.2, 0.25) is 0 Å². The lowest BCUT2D eigenvalue weighted by molar-refractivity contribution is 0.112. The lowest BCUT2D eigenvalue weighted by atomic mass is 9.89. The molecule has 0 spiro atoms. The van der Waals surface area contributed by atoms with Gasteiger partial charge in [0.15, 0.2) is 0 Å². The molecule has 0 aromatic heterocycles. The van der Waals surface area contributed by atoms with E-state index in [0.717, 1.165) is 5.56 Å². The average molecular weight is 228 g/mol. The summed E-state index contributed by atoms with van der Waals surface area (Å²) < 4.78 is 13.8. The van der Waals surface area contributed by atoms with E-state index in [1.165, 1.54) is 6.07 Å². The zero-order chi connectivity index (χ0) is 12.3. The molecule has 2 heteroatoms. The number of hydrogen-bond acceptors (Lipinski definition) is 1. The predicted octanol–water partition coefficient (Wildman–Crippen LogP) is 3.79.